The zero-order valence-electron chi connectivity index (χ0n) is 19.3. The van der Waals surface area contributed by atoms with E-state index in [1.807, 2.05) is 6.07 Å². The fourth-order valence-electron chi connectivity index (χ4n) is 3.11. The van der Waals surface area contributed by atoms with Crippen LogP contribution in [0.2, 0.25) is 10.0 Å². The number of amides is 3. The van der Waals surface area contributed by atoms with Gasteiger partial charge in [0, 0.05) is 41.3 Å². The van der Waals surface area contributed by atoms with Crippen LogP contribution in [0.4, 0.5) is 10.5 Å². The smallest absolute Gasteiger partial charge is 0.322 e. The number of hydrogen-bond donors (Lipinski definition) is 2. The minimum atomic E-state index is -0.298. The third-order valence-electron chi connectivity index (χ3n) is 5.00. The lowest BCUT2D eigenvalue weighted by molar-refractivity contribution is 0.0949. The van der Waals surface area contributed by atoms with Crippen LogP contribution in [0.5, 0.6) is 5.75 Å². The van der Waals surface area contributed by atoms with E-state index in [0.717, 1.165) is 5.56 Å². The highest BCUT2D eigenvalue weighted by atomic mass is 35.5. The maximum Gasteiger partial charge on any atom is 0.322 e. The quantitative estimate of drug-likeness (QED) is 0.355. The average Bonchev–Trinajstić information content (AvgIpc) is 3.32. The van der Waals surface area contributed by atoms with Crippen LogP contribution in [-0.4, -0.2) is 55.7 Å². The summed E-state index contributed by atoms with van der Waals surface area (Å²) in [6.07, 6.45) is 0.565. The predicted molar refractivity (Wildman–Crippen MR) is 139 cm³/mol. The van der Waals surface area contributed by atoms with Gasteiger partial charge in [-0.15, -0.1) is 11.3 Å². The molecule has 0 aliphatic heterocycles. The van der Waals surface area contributed by atoms with Crippen molar-refractivity contribution in [3.8, 4) is 5.75 Å². The molecule has 2 aromatic carbocycles. The van der Waals surface area contributed by atoms with Gasteiger partial charge in [0.25, 0.3) is 5.91 Å². The van der Waals surface area contributed by atoms with Crippen molar-refractivity contribution in [1.82, 2.24) is 15.2 Å². The molecule has 0 spiro atoms. The Hall–Kier alpha value is -2.85. The number of nitrogens with zero attached hydrogens (tertiary/aromatic N) is 2. The Morgan fingerprint density at radius 3 is 2.57 bits per heavy atom. The van der Waals surface area contributed by atoms with E-state index in [1.54, 1.807) is 60.9 Å². The number of hydrogen-bond acceptors (Lipinski definition) is 6. The second kappa shape index (κ2) is 13.3. The summed E-state index contributed by atoms with van der Waals surface area (Å²) in [5.41, 5.74) is 1.83. The van der Waals surface area contributed by atoms with Crippen LogP contribution < -0.4 is 15.4 Å². The van der Waals surface area contributed by atoms with E-state index >= 15 is 0 Å². The number of aromatic nitrogens is 1. The minimum absolute atomic E-state index is 0.240. The molecule has 186 valence electrons. The largest absolute Gasteiger partial charge is 0.497 e. The molecular weight excluding hydrogens is 511 g/mol. The summed E-state index contributed by atoms with van der Waals surface area (Å²) in [6, 6.07) is 12.0. The SMILES string of the molecule is COCCN(Cc1nc(C(=O)NCCc2ccc(Cl)cc2Cl)cs1)C(=O)Nc1ccc(OC)cc1. The molecule has 1 heterocycles. The maximum atomic E-state index is 12.8. The molecular formula is C24H26Cl2N4O4S. The van der Waals surface area contributed by atoms with Gasteiger partial charge in [0.1, 0.15) is 16.5 Å². The van der Waals surface area contributed by atoms with Crippen LogP contribution in [0.1, 0.15) is 21.1 Å². The first-order valence-corrected chi connectivity index (χ1v) is 12.4. The van der Waals surface area contributed by atoms with Crippen molar-refractivity contribution in [1.29, 1.82) is 0 Å². The third-order valence-corrected chi connectivity index (χ3v) is 6.42. The van der Waals surface area contributed by atoms with E-state index in [-0.39, 0.29) is 18.5 Å². The molecule has 8 nitrogen and oxygen atoms in total. The van der Waals surface area contributed by atoms with Crippen LogP contribution in [0, 0.1) is 0 Å². The van der Waals surface area contributed by atoms with Gasteiger partial charge in [-0.25, -0.2) is 9.78 Å². The van der Waals surface area contributed by atoms with E-state index in [0.29, 0.717) is 58.3 Å². The fourth-order valence-corrected chi connectivity index (χ4v) is 4.40. The summed E-state index contributed by atoms with van der Waals surface area (Å²) >= 11 is 13.4. The minimum Gasteiger partial charge on any atom is -0.497 e. The van der Waals surface area contributed by atoms with Gasteiger partial charge < -0.3 is 25.0 Å². The number of urea groups is 1. The predicted octanol–water partition coefficient (Wildman–Crippen LogP) is 5.11. The molecule has 2 N–H and O–H groups in total. The van der Waals surface area contributed by atoms with Crippen molar-refractivity contribution < 1.29 is 19.1 Å². The molecule has 3 aromatic rings. The highest BCUT2D eigenvalue weighted by Crippen LogP contribution is 2.21. The van der Waals surface area contributed by atoms with Gasteiger partial charge in [-0.1, -0.05) is 29.3 Å². The Balaban J connectivity index is 1.56. The lowest BCUT2D eigenvalue weighted by Gasteiger charge is -2.22. The molecule has 0 saturated heterocycles. The van der Waals surface area contributed by atoms with Gasteiger partial charge in [0.2, 0.25) is 0 Å². The highest BCUT2D eigenvalue weighted by molar-refractivity contribution is 7.09. The lowest BCUT2D eigenvalue weighted by atomic mass is 10.1. The molecule has 0 atom stereocenters. The first-order chi connectivity index (χ1) is 16.9. The molecule has 35 heavy (non-hydrogen) atoms. The number of halogens is 2. The van der Waals surface area contributed by atoms with E-state index in [1.165, 1.54) is 11.3 Å². The third kappa shape index (κ3) is 8.10. The lowest BCUT2D eigenvalue weighted by Crippen LogP contribution is -2.36. The Kier molecular flexibility index (Phi) is 10.2. The summed E-state index contributed by atoms with van der Waals surface area (Å²) in [5, 5.41) is 9.14. The number of rotatable bonds is 11. The molecule has 0 fully saturated rings. The van der Waals surface area contributed by atoms with Crippen molar-refractivity contribution in [2.24, 2.45) is 0 Å². The van der Waals surface area contributed by atoms with E-state index < -0.39 is 0 Å². The summed E-state index contributed by atoms with van der Waals surface area (Å²) < 4.78 is 10.3. The van der Waals surface area contributed by atoms with Gasteiger partial charge in [-0.2, -0.15) is 0 Å². The van der Waals surface area contributed by atoms with Crippen LogP contribution in [0.3, 0.4) is 0 Å². The molecule has 3 rings (SSSR count). The average molecular weight is 537 g/mol. The maximum absolute atomic E-state index is 12.8. The summed E-state index contributed by atoms with van der Waals surface area (Å²) in [4.78, 5) is 31.4. The fraction of sp³-hybridized carbons (Fsp3) is 0.292. The van der Waals surface area contributed by atoms with Gasteiger partial charge in [-0.05, 0) is 48.4 Å². The second-order valence-electron chi connectivity index (χ2n) is 7.44. The van der Waals surface area contributed by atoms with Gasteiger partial charge in [0.05, 0.1) is 20.3 Å². The first kappa shape index (κ1) is 26.7. The molecule has 11 heteroatoms. The van der Waals surface area contributed by atoms with Crippen molar-refractivity contribution in [3.05, 3.63) is 74.2 Å². The topological polar surface area (TPSA) is 92.8 Å². The van der Waals surface area contributed by atoms with Gasteiger partial charge >= 0.3 is 6.03 Å². The molecule has 0 saturated carbocycles. The Morgan fingerprint density at radius 2 is 1.89 bits per heavy atom. The summed E-state index contributed by atoms with van der Waals surface area (Å²) in [5.74, 6) is 0.410. The summed E-state index contributed by atoms with van der Waals surface area (Å²) in [6.45, 7) is 1.37. The summed E-state index contributed by atoms with van der Waals surface area (Å²) in [7, 11) is 3.15. The molecule has 0 aliphatic rings. The monoisotopic (exact) mass is 536 g/mol. The van der Waals surface area contributed by atoms with E-state index in [4.69, 9.17) is 32.7 Å². The Morgan fingerprint density at radius 1 is 1.11 bits per heavy atom. The number of carbonyl (C=O) groups is 2. The highest BCUT2D eigenvalue weighted by Gasteiger charge is 2.18. The Bertz CT molecular complexity index is 1140. The zero-order valence-corrected chi connectivity index (χ0v) is 21.7. The standard InChI is InChI=1S/C24H26Cl2N4O4S/c1-33-12-11-30(24(32)28-18-5-7-19(34-2)8-6-18)14-22-29-21(15-35-22)23(31)27-10-9-16-3-4-17(25)13-20(16)26/h3-8,13,15H,9-12,14H2,1-2H3,(H,27,31)(H,28,32). The van der Waals surface area contributed by atoms with Crippen molar-refractivity contribution in [3.63, 3.8) is 0 Å². The van der Waals surface area contributed by atoms with E-state index in [9.17, 15) is 9.59 Å². The number of carbonyl (C=O) groups excluding carboxylic acids is 2. The molecule has 0 unspecified atom stereocenters. The number of thiazole rings is 1. The van der Waals surface area contributed by atoms with Gasteiger partial charge in [0.15, 0.2) is 0 Å². The number of nitrogens with one attached hydrogen (secondary N) is 2. The molecule has 0 radical (unpaired) electrons. The molecule has 1 aromatic heterocycles. The number of ether oxygens (including phenoxy) is 2. The molecule has 3 amide bonds. The second-order valence-corrected chi connectivity index (χ2v) is 9.23. The number of anilines is 1. The van der Waals surface area contributed by atoms with Crippen LogP contribution >= 0.6 is 34.5 Å². The van der Waals surface area contributed by atoms with Crippen molar-refractivity contribution in [2.75, 3.05) is 39.2 Å². The molecule has 0 aliphatic carbocycles. The zero-order chi connectivity index (χ0) is 25.2. The number of benzene rings is 2. The van der Waals surface area contributed by atoms with Crippen LogP contribution in [0.25, 0.3) is 0 Å². The van der Waals surface area contributed by atoms with Gasteiger partial charge in [-0.3, -0.25) is 4.79 Å². The number of methoxy groups -OCH3 is 2. The normalized spacial score (nSPS) is 10.6. The van der Waals surface area contributed by atoms with Crippen LogP contribution in [-0.2, 0) is 17.7 Å². The first-order valence-electron chi connectivity index (χ1n) is 10.7. The van der Waals surface area contributed by atoms with Crippen LogP contribution in [0.15, 0.2) is 47.8 Å². The van der Waals surface area contributed by atoms with Crippen molar-refractivity contribution in [2.45, 2.75) is 13.0 Å². The van der Waals surface area contributed by atoms with Crippen molar-refractivity contribution >= 4 is 52.2 Å². The molecule has 0 bridgehead atoms. The Labute approximate surface area is 218 Å². The van der Waals surface area contributed by atoms with E-state index in [2.05, 4.69) is 15.6 Å².